The summed E-state index contributed by atoms with van der Waals surface area (Å²) in [6.07, 6.45) is 11.8. The second kappa shape index (κ2) is 6.78. The quantitative estimate of drug-likeness (QED) is 0.673. The minimum Gasteiger partial charge on any atom is -0.381 e. The maximum Gasteiger partial charge on any atom is 0.0594 e. The Morgan fingerprint density at radius 2 is 1.55 bits per heavy atom. The molecule has 3 nitrogen and oxygen atoms in total. The average molecular weight is 307 g/mol. The van der Waals surface area contributed by atoms with Gasteiger partial charge in [-0.1, -0.05) is 0 Å². The van der Waals surface area contributed by atoms with E-state index in [2.05, 4.69) is 4.90 Å². The first-order valence-electron chi connectivity index (χ1n) is 9.69. The molecule has 0 spiro atoms. The van der Waals surface area contributed by atoms with Gasteiger partial charge in [0.2, 0.25) is 0 Å². The highest BCUT2D eigenvalue weighted by Crippen LogP contribution is 2.61. The standard InChI is InChI=1S/C19H33NO2/c1(3-20-4-8-22-9-5-20)6-21-7-2-19-13-16-10-17(14-19)12-18(11-16)15-19/h16-18H,1-15H2. The van der Waals surface area contributed by atoms with Crippen molar-refractivity contribution in [3.05, 3.63) is 0 Å². The number of rotatable bonds is 7. The predicted molar refractivity (Wildman–Crippen MR) is 87.9 cm³/mol. The summed E-state index contributed by atoms with van der Waals surface area (Å²) in [5.41, 5.74) is 0.693. The molecular weight excluding hydrogens is 274 g/mol. The van der Waals surface area contributed by atoms with Crippen LogP contribution in [0.25, 0.3) is 0 Å². The molecule has 126 valence electrons. The Morgan fingerprint density at radius 1 is 0.909 bits per heavy atom. The molecule has 0 radical (unpaired) electrons. The molecule has 1 aliphatic heterocycles. The number of hydrogen-bond acceptors (Lipinski definition) is 3. The van der Waals surface area contributed by atoms with Crippen LogP contribution in [0.2, 0.25) is 0 Å². The highest BCUT2D eigenvalue weighted by atomic mass is 16.5. The first-order valence-corrected chi connectivity index (χ1v) is 9.69. The molecule has 0 aromatic heterocycles. The molecule has 3 heteroatoms. The lowest BCUT2D eigenvalue weighted by Gasteiger charge is -2.57. The normalized spacial score (nSPS) is 41.2. The maximum atomic E-state index is 6.01. The van der Waals surface area contributed by atoms with Gasteiger partial charge in [0.05, 0.1) is 13.2 Å². The van der Waals surface area contributed by atoms with Crippen LogP contribution in [0.4, 0.5) is 0 Å². The van der Waals surface area contributed by atoms with Gasteiger partial charge in [-0.25, -0.2) is 0 Å². The lowest BCUT2D eigenvalue weighted by atomic mass is 9.49. The van der Waals surface area contributed by atoms with Crippen LogP contribution in [0.15, 0.2) is 0 Å². The molecule has 0 aromatic rings. The SMILES string of the molecule is C(COCCC12CC3CC(CC(C3)C1)C2)CN1CCOCC1. The third-order valence-electron chi connectivity index (χ3n) is 6.81. The fourth-order valence-electron chi connectivity index (χ4n) is 6.20. The largest absolute Gasteiger partial charge is 0.381 e. The second-order valence-corrected chi connectivity index (χ2v) is 8.59. The van der Waals surface area contributed by atoms with Crippen LogP contribution >= 0.6 is 0 Å². The van der Waals surface area contributed by atoms with Gasteiger partial charge in [-0.2, -0.15) is 0 Å². The van der Waals surface area contributed by atoms with Crippen molar-refractivity contribution in [3.8, 4) is 0 Å². The lowest BCUT2D eigenvalue weighted by Crippen LogP contribution is -2.46. The Kier molecular flexibility index (Phi) is 4.75. The third-order valence-corrected chi connectivity index (χ3v) is 6.81. The van der Waals surface area contributed by atoms with Gasteiger partial charge in [-0.15, -0.1) is 0 Å². The summed E-state index contributed by atoms with van der Waals surface area (Å²) in [4.78, 5) is 2.51. The van der Waals surface area contributed by atoms with E-state index >= 15 is 0 Å². The summed E-state index contributed by atoms with van der Waals surface area (Å²) in [5.74, 6) is 3.23. The minimum absolute atomic E-state index is 0.693. The van der Waals surface area contributed by atoms with E-state index in [1.54, 1.807) is 19.3 Å². The third kappa shape index (κ3) is 3.52. The van der Waals surface area contributed by atoms with E-state index in [4.69, 9.17) is 9.47 Å². The first kappa shape index (κ1) is 15.4. The zero-order chi connectivity index (χ0) is 14.8. The fraction of sp³-hybridized carbons (Fsp3) is 1.00. The Balaban J connectivity index is 1.12. The van der Waals surface area contributed by atoms with Crippen LogP contribution in [-0.4, -0.2) is 51.0 Å². The van der Waals surface area contributed by atoms with Crippen LogP contribution in [-0.2, 0) is 9.47 Å². The molecule has 5 rings (SSSR count). The molecule has 5 fully saturated rings. The molecule has 1 heterocycles. The molecule has 4 saturated carbocycles. The molecular formula is C19H33NO2. The Morgan fingerprint density at radius 3 is 2.18 bits per heavy atom. The molecule has 5 aliphatic rings. The van der Waals surface area contributed by atoms with Gasteiger partial charge in [-0.05, 0) is 74.5 Å². The van der Waals surface area contributed by atoms with E-state index in [1.165, 1.54) is 38.6 Å². The lowest BCUT2D eigenvalue weighted by molar-refractivity contribution is -0.0692. The summed E-state index contributed by atoms with van der Waals surface area (Å²) in [7, 11) is 0. The predicted octanol–water partition coefficient (Wildman–Crippen LogP) is 3.33. The smallest absolute Gasteiger partial charge is 0.0594 e. The summed E-state index contributed by atoms with van der Waals surface area (Å²) >= 11 is 0. The van der Waals surface area contributed by atoms with Crippen molar-refractivity contribution in [3.63, 3.8) is 0 Å². The van der Waals surface area contributed by atoms with E-state index < -0.39 is 0 Å². The van der Waals surface area contributed by atoms with Gasteiger partial charge >= 0.3 is 0 Å². The molecule has 0 aromatic carbocycles. The monoisotopic (exact) mass is 307 g/mol. The van der Waals surface area contributed by atoms with Crippen molar-refractivity contribution in [1.82, 2.24) is 4.90 Å². The highest BCUT2D eigenvalue weighted by molar-refractivity contribution is 5.01. The van der Waals surface area contributed by atoms with Crippen molar-refractivity contribution in [2.75, 3.05) is 46.1 Å². The molecule has 0 N–H and O–H groups in total. The summed E-state index contributed by atoms with van der Waals surface area (Å²) in [6, 6.07) is 0. The first-order chi connectivity index (χ1) is 10.8. The van der Waals surface area contributed by atoms with Gasteiger partial charge in [0.1, 0.15) is 0 Å². The minimum atomic E-state index is 0.693. The number of ether oxygens (including phenoxy) is 2. The van der Waals surface area contributed by atoms with Crippen LogP contribution in [0.3, 0.4) is 0 Å². The highest BCUT2D eigenvalue weighted by Gasteiger charge is 2.50. The van der Waals surface area contributed by atoms with Crippen LogP contribution in [0.1, 0.15) is 51.4 Å². The second-order valence-electron chi connectivity index (χ2n) is 8.59. The maximum absolute atomic E-state index is 6.01. The van der Waals surface area contributed by atoms with Crippen LogP contribution < -0.4 is 0 Å². The van der Waals surface area contributed by atoms with E-state index in [0.717, 1.165) is 57.3 Å². The van der Waals surface area contributed by atoms with Gasteiger partial charge in [0, 0.05) is 32.8 Å². The van der Waals surface area contributed by atoms with Crippen LogP contribution in [0, 0.1) is 23.2 Å². The van der Waals surface area contributed by atoms with Gasteiger partial charge in [-0.3, -0.25) is 4.90 Å². The van der Waals surface area contributed by atoms with E-state index in [9.17, 15) is 0 Å². The van der Waals surface area contributed by atoms with E-state index in [1.807, 2.05) is 0 Å². The number of hydrogen-bond donors (Lipinski definition) is 0. The molecule has 4 aliphatic carbocycles. The summed E-state index contributed by atoms with van der Waals surface area (Å²) < 4.78 is 11.4. The number of nitrogens with zero attached hydrogens (tertiary/aromatic N) is 1. The van der Waals surface area contributed by atoms with Crippen molar-refractivity contribution in [1.29, 1.82) is 0 Å². The number of morpholine rings is 1. The zero-order valence-corrected chi connectivity index (χ0v) is 14.1. The molecule has 22 heavy (non-hydrogen) atoms. The summed E-state index contributed by atoms with van der Waals surface area (Å²) in [6.45, 7) is 7.17. The topological polar surface area (TPSA) is 21.7 Å². The van der Waals surface area contributed by atoms with E-state index in [-0.39, 0.29) is 0 Å². The van der Waals surface area contributed by atoms with Crippen molar-refractivity contribution in [2.45, 2.75) is 51.4 Å². The van der Waals surface area contributed by atoms with Crippen molar-refractivity contribution >= 4 is 0 Å². The Bertz CT molecular complexity index is 329. The molecule has 0 atom stereocenters. The van der Waals surface area contributed by atoms with Crippen molar-refractivity contribution in [2.24, 2.45) is 23.2 Å². The molecule has 4 bridgehead atoms. The molecule has 1 saturated heterocycles. The van der Waals surface area contributed by atoms with Gasteiger partial charge in [0.15, 0.2) is 0 Å². The zero-order valence-electron chi connectivity index (χ0n) is 14.1. The van der Waals surface area contributed by atoms with Gasteiger partial charge in [0.25, 0.3) is 0 Å². The molecule has 0 unspecified atom stereocenters. The summed E-state index contributed by atoms with van der Waals surface area (Å²) in [5, 5.41) is 0. The Hall–Kier alpha value is -0.120. The molecule has 0 amide bonds. The van der Waals surface area contributed by atoms with Crippen molar-refractivity contribution < 1.29 is 9.47 Å². The van der Waals surface area contributed by atoms with Crippen LogP contribution in [0.5, 0.6) is 0 Å². The Labute approximate surface area is 135 Å². The average Bonchev–Trinajstić information content (AvgIpc) is 2.50. The van der Waals surface area contributed by atoms with E-state index in [0.29, 0.717) is 5.41 Å². The van der Waals surface area contributed by atoms with Gasteiger partial charge < -0.3 is 9.47 Å². The fourth-order valence-corrected chi connectivity index (χ4v) is 6.20.